The summed E-state index contributed by atoms with van der Waals surface area (Å²) in [6.45, 7) is 6.47. The zero-order valence-electron chi connectivity index (χ0n) is 7.76. The smallest absolute Gasteiger partial charge is 0.136 e. The number of Topliss-reactive ketones (excluding diaryl/α,β-unsaturated/α-hetero) is 1. The average molecular weight is 154 g/mol. The zero-order chi connectivity index (χ0) is 8.43. The third-order valence-electron chi connectivity index (χ3n) is 2.77. The molecule has 1 heteroatoms. The van der Waals surface area contributed by atoms with E-state index in [0.717, 1.165) is 19.3 Å². The van der Waals surface area contributed by atoms with Crippen molar-refractivity contribution in [3.05, 3.63) is 0 Å². The van der Waals surface area contributed by atoms with Gasteiger partial charge in [0.2, 0.25) is 0 Å². The Morgan fingerprint density at radius 3 is 2.55 bits per heavy atom. The van der Waals surface area contributed by atoms with E-state index in [2.05, 4.69) is 20.8 Å². The summed E-state index contributed by atoms with van der Waals surface area (Å²) >= 11 is 0. The van der Waals surface area contributed by atoms with Crippen molar-refractivity contribution < 1.29 is 4.79 Å². The molecule has 0 aromatic carbocycles. The van der Waals surface area contributed by atoms with E-state index in [-0.39, 0.29) is 0 Å². The molecular formula is C10H18O. The van der Waals surface area contributed by atoms with Gasteiger partial charge in [-0.1, -0.05) is 27.2 Å². The van der Waals surface area contributed by atoms with E-state index in [4.69, 9.17) is 0 Å². The lowest BCUT2D eigenvalue weighted by Crippen LogP contribution is -2.07. The molecule has 1 saturated carbocycles. The monoisotopic (exact) mass is 154 g/mol. The number of ketones is 1. The van der Waals surface area contributed by atoms with Gasteiger partial charge >= 0.3 is 0 Å². The molecule has 1 nitrogen and oxygen atoms in total. The second kappa shape index (κ2) is 3.38. The van der Waals surface area contributed by atoms with E-state index in [0.29, 0.717) is 23.5 Å². The van der Waals surface area contributed by atoms with Crippen molar-refractivity contribution >= 4 is 5.78 Å². The van der Waals surface area contributed by atoms with Crippen LogP contribution >= 0.6 is 0 Å². The van der Waals surface area contributed by atoms with Crippen molar-refractivity contribution in [2.75, 3.05) is 0 Å². The third kappa shape index (κ3) is 2.32. The van der Waals surface area contributed by atoms with Crippen LogP contribution in [0.4, 0.5) is 0 Å². The summed E-state index contributed by atoms with van der Waals surface area (Å²) in [5, 5.41) is 0. The lowest BCUT2D eigenvalue weighted by Gasteiger charge is -2.05. The molecule has 0 amide bonds. The van der Waals surface area contributed by atoms with E-state index in [9.17, 15) is 4.79 Å². The molecule has 0 N–H and O–H groups in total. The van der Waals surface area contributed by atoms with Crippen LogP contribution in [0, 0.1) is 17.8 Å². The van der Waals surface area contributed by atoms with Crippen molar-refractivity contribution in [1.82, 2.24) is 0 Å². The fourth-order valence-corrected chi connectivity index (χ4v) is 1.41. The number of rotatable bonds is 4. The minimum Gasteiger partial charge on any atom is -0.299 e. The maximum atomic E-state index is 11.4. The van der Waals surface area contributed by atoms with Crippen LogP contribution in [0.1, 0.15) is 40.0 Å². The second-order valence-electron chi connectivity index (χ2n) is 4.00. The first-order valence-electron chi connectivity index (χ1n) is 4.67. The van der Waals surface area contributed by atoms with Crippen LogP contribution in [0.3, 0.4) is 0 Å². The molecule has 0 saturated heterocycles. The van der Waals surface area contributed by atoms with E-state index >= 15 is 0 Å². The molecule has 1 fully saturated rings. The number of hydrogen-bond acceptors (Lipinski definition) is 1. The zero-order valence-corrected chi connectivity index (χ0v) is 7.76. The van der Waals surface area contributed by atoms with E-state index < -0.39 is 0 Å². The Balaban J connectivity index is 2.21. The summed E-state index contributed by atoms with van der Waals surface area (Å²) in [6, 6.07) is 0. The fourth-order valence-electron chi connectivity index (χ4n) is 1.41. The molecule has 0 bridgehead atoms. The molecule has 64 valence electrons. The highest BCUT2D eigenvalue weighted by molar-refractivity contribution is 5.83. The molecule has 11 heavy (non-hydrogen) atoms. The lowest BCUT2D eigenvalue weighted by molar-refractivity contribution is -0.121. The van der Waals surface area contributed by atoms with Gasteiger partial charge in [-0.3, -0.25) is 4.79 Å². The molecule has 0 aliphatic heterocycles. The Bertz CT molecular complexity index is 151. The molecule has 3 atom stereocenters. The van der Waals surface area contributed by atoms with Crippen molar-refractivity contribution in [2.24, 2.45) is 17.8 Å². The predicted octanol–water partition coefficient (Wildman–Crippen LogP) is 2.65. The Kier molecular flexibility index (Phi) is 2.69. The van der Waals surface area contributed by atoms with Gasteiger partial charge in [0.15, 0.2) is 0 Å². The molecule has 0 spiro atoms. The number of carbonyl (C=O) groups excluding carboxylic acids is 1. The Labute approximate surface area is 69.2 Å². The van der Waals surface area contributed by atoms with Crippen LogP contribution < -0.4 is 0 Å². The van der Waals surface area contributed by atoms with Gasteiger partial charge < -0.3 is 0 Å². The Morgan fingerprint density at radius 2 is 2.18 bits per heavy atom. The highest BCUT2D eigenvalue weighted by atomic mass is 16.1. The summed E-state index contributed by atoms with van der Waals surface area (Å²) in [5.74, 6) is 2.22. The SMILES string of the molecule is CCC(C)CC(=O)C1CC1C. The molecule has 1 aliphatic rings. The molecule has 1 rings (SSSR count). The standard InChI is InChI=1S/C10H18O/c1-4-7(2)5-10(11)9-6-8(9)3/h7-9H,4-6H2,1-3H3. The van der Waals surface area contributed by atoms with E-state index in [1.165, 1.54) is 0 Å². The van der Waals surface area contributed by atoms with Gasteiger partial charge in [0.1, 0.15) is 5.78 Å². The first-order chi connectivity index (χ1) is 5.15. The maximum absolute atomic E-state index is 11.4. The minimum absolute atomic E-state index is 0.434. The van der Waals surface area contributed by atoms with Gasteiger partial charge in [-0.05, 0) is 18.3 Å². The van der Waals surface area contributed by atoms with Crippen LogP contribution in [0.5, 0.6) is 0 Å². The largest absolute Gasteiger partial charge is 0.299 e. The molecule has 0 aromatic rings. The van der Waals surface area contributed by atoms with Crippen LogP contribution in [0.15, 0.2) is 0 Å². The number of hydrogen-bond donors (Lipinski definition) is 0. The van der Waals surface area contributed by atoms with Gasteiger partial charge in [-0.15, -0.1) is 0 Å². The quantitative estimate of drug-likeness (QED) is 0.608. The van der Waals surface area contributed by atoms with Crippen LogP contribution in [0.2, 0.25) is 0 Å². The summed E-state index contributed by atoms with van der Waals surface area (Å²) in [5.41, 5.74) is 0. The maximum Gasteiger partial charge on any atom is 0.136 e. The van der Waals surface area contributed by atoms with Gasteiger partial charge in [-0.25, -0.2) is 0 Å². The van der Waals surface area contributed by atoms with Gasteiger partial charge in [0.05, 0.1) is 0 Å². The van der Waals surface area contributed by atoms with E-state index in [1.54, 1.807) is 0 Å². The topological polar surface area (TPSA) is 17.1 Å². The average Bonchev–Trinajstić information content (AvgIpc) is 2.66. The summed E-state index contributed by atoms with van der Waals surface area (Å²) < 4.78 is 0. The molecule has 0 heterocycles. The summed E-state index contributed by atoms with van der Waals surface area (Å²) in [4.78, 5) is 11.4. The van der Waals surface area contributed by atoms with E-state index in [1.807, 2.05) is 0 Å². The lowest BCUT2D eigenvalue weighted by atomic mass is 9.99. The van der Waals surface area contributed by atoms with Crippen molar-refractivity contribution in [3.8, 4) is 0 Å². The van der Waals surface area contributed by atoms with Crippen molar-refractivity contribution in [3.63, 3.8) is 0 Å². The molecule has 3 unspecified atom stereocenters. The molecule has 1 aliphatic carbocycles. The van der Waals surface area contributed by atoms with Gasteiger partial charge in [0, 0.05) is 12.3 Å². The first-order valence-corrected chi connectivity index (χ1v) is 4.67. The van der Waals surface area contributed by atoms with Gasteiger partial charge in [-0.2, -0.15) is 0 Å². The summed E-state index contributed by atoms with van der Waals surface area (Å²) in [6.07, 6.45) is 3.09. The fraction of sp³-hybridized carbons (Fsp3) is 0.900. The van der Waals surface area contributed by atoms with Crippen LogP contribution in [-0.2, 0) is 4.79 Å². The number of carbonyl (C=O) groups is 1. The molecule has 0 aromatic heterocycles. The third-order valence-corrected chi connectivity index (χ3v) is 2.77. The van der Waals surface area contributed by atoms with Crippen molar-refractivity contribution in [2.45, 2.75) is 40.0 Å². The normalized spacial score (nSPS) is 31.5. The van der Waals surface area contributed by atoms with Crippen LogP contribution in [0.25, 0.3) is 0 Å². The highest BCUT2D eigenvalue weighted by Crippen LogP contribution is 2.39. The van der Waals surface area contributed by atoms with Crippen LogP contribution in [-0.4, -0.2) is 5.78 Å². The molecular weight excluding hydrogens is 136 g/mol. The highest BCUT2D eigenvalue weighted by Gasteiger charge is 2.38. The van der Waals surface area contributed by atoms with Crippen molar-refractivity contribution in [1.29, 1.82) is 0 Å². The van der Waals surface area contributed by atoms with Gasteiger partial charge in [0.25, 0.3) is 0 Å². The molecule has 0 radical (unpaired) electrons. The minimum atomic E-state index is 0.434. The summed E-state index contributed by atoms with van der Waals surface area (Å²) in [7, 11) is 0. The predicted molar refractivity (Wildman–Crippen MR) is 46.4 cm³/mol. The first kappa shape index (κ1) is 8.76. The Morgan fingerprint density at radius 1 is 1.64 bits per heavy atom. The second-order valence-corrected chi connectivity index (χ2v) is 4.00. The Hall–Kier alpha value is -0.330.